The maximum absolute atomic E-state index is 12.3. The van der Waals surface area contributed by atoms with Gasteiger partial charge >= 0.3 is 0 Å². The van der Waals surface area contributed by atoms with Crippen LogP contribution in [0.1, 0.15) is 20.7 Å². The van der Waals surface area contributed by atoms with Gasteiger partial charge in [0.2, 0.25) is 0 Å². The molecule has 0 spiro atoms. The van der Waals surface area contributed by atoms with E-state index in [9.17, 15) is 9.59 Å². The lowest BCUT2D eigenvalue weighted by molar-refractivity contribution is 0.100. The van der Waals surface area contributed by atoms with Gasteiger partial charge < -0.3 is 11.1 Å². The summed E-state index contributed by atoms with van der Waals surface area (Å²) in [6.07, 6.45) is 1.74. The SMILES string of the molecule is NC(=O)c1ccccc1NC(=O)c1ccc(-c2nccs2)cc1. The first-order chi connectivity index (χ1) is 11.1. The molecule has 0 saturated carbocycles. The molecule has 0 fully saturated rings. The summed E-state index contributed by atoms with van der Waals surface area (Å²) in [7, 11) is 0. The lowest BCUT2D eigenvalue weighted by Crippen LogP contribution is -2.18. The van der Waals surface area contributed by atoms with Crippen molar-refractivity contribution in [3.05, 3.63) is 71.2 Å². The molecule has 3 rings (SSSR count). The van der Waals surface area contributed by atoms with Crippen LogP contribution in [0.25, 0.3) is 10.6 Å². The van der Waals surface area contributed by atoms with Gasteiger partial charge in [0, 0.05) is 22.7 Å². The summed E-state index contributed by atoms with van der Waals surface area (Å²) in [6.45, 7) is 0. The van der Waals surface area contributed by atoms with Crippen LogP contribution >= 0.6 is 11.3 Å². The maximum atomic E-state index is 12.3. The average molecular weight is 323 g/mol. The topological polar surface area (TPSA) is 85.1 Å². The Bertz CT molecular complexity index is 843. The zero-order valence-corrected chi connectivity index (χ0v) is 12.8. The molecule has 0 aliphatic carbocycles. The number of amides is 2. The zero-order valence-electron chi connectivity index (χ0n) is 12.0. The smallest absolute Gasteiger partial charge is 0.255 e. The highest BCUT2D eigenvalue weighted by Gasteiger charge is 2.12. The van der Waals surface area contributed by atoms with E-state index in [4.69, 9.17) is 5.73 Å². The van der Waals surface area contributed by atoms with Crippen molar-refractivity contribution in [2.75, 3.05) is 5.32 Å². The predicted molar refractivity (Wildman–Crippen MR) is 90.5 cm³/mol. The third-order valence-electron chi connectivity index (χ3n) is 3.27. The molecule has 3 N–H and O–H groups in total. The summed E-state index contributed by atoms with van der Waals surface area (Å²) in [5, 5.41) is 5.51. The fraction of sp³-hybridized carbons (Fsp3) is 0. The number of thiazole rings is 1. The van der Waals surface area contributed by atoms with Gasteiger partial charge in [-0.2, -0.15) is 0 Å². The molecule has 2 amide bonds. The summed E-state index contributed by atoms with van der Waals surface area (Å²) in [4.78, 5) is 27.9. The second kappa shape index (κ2) is 6.41. The van der Waals surface area contributed by atoms with Crippen LogP contribution in [0.15, 0.2) is 60.1 Å². The van der Waals surface area contributed by atoms with E-state index in [1.165, 1.54) is 11.3 Å². The number of para-hydroxylation sites is 1. The van der Waals surface area contributed by atoms with Crippen LogP contribution in [-0.2, 0) is 0 Å². The van der Waals surface area contributed by atoms with Crippen LogP contribution in [0.2, 0.25) is 0 Å². The third-order valence-corrected chi connectivity index (χ3v) is 4.09. The number of hydrogen-bond acceptors (Lipinski definition) is 4. The lowest BCUT2D eigenvalue weighted by atomic mass is 10.1. The normalized spacial score (nSPS) is 10.3. The van der Waals surface area contributed by atoms with Gasteiger partial charge in [-0.25, -0.2) is 4.98 Å². The van der Waals surface area contributed by atoms with Crippen LogP contribution in [0.4, 0.5) is 5.69 Å². The molecule has 0 atom stereocenters. The minimum absolute atomic E-state index is 0.278. The molecule has 23 heavy (non-hydrogen) atoms. The second-order valence-electron chi connectivity index (χ2n) is 4.78. The van der Waals surface area contributed by atoms with Crippen molar-refractivity contribution in [3.63, 3.8) is 0 Å². The standard InChI is InChI=1S/C17H13N3O2S/c18-15(21)13-3-1-2-4-14(13)20-16(22)11-5-7-12(8-6-11)17-19-9-10-23-17/h1-10H,(H2,18,21)(H,20,22). The Kier molecular flexibility index (Phi) is 4.16. The molecular weight excluding hydrogens is 310 g/mol. The van der Waals surface area contributed by atoms with Gasteiger partial charge in [-0.3, -0.25) is 9.59 Å². The predicted octanol–water partition coefficient (Wildman–Crippen LogP) is 3.16. The highest BCUT2D eigenvalue weighted by atomic mass is 32.1. The number of nitrogens with zero attached hydrogens (tertiary/aromatic N) is 1. The summed E-state index contributed by atoms with van der Waals surface area (Å²) in [6, 6.07) is 13.8. The number of nitrogens with two attached hydrogens (primary N) is 1. The van der Waals surface area contributed by atoms with E-state index in [0.717, 1.165) is 10.6 Å². The third kappa shape index (κ3) is 3.27. The molecule has 0 saturated heterocycles. The fourth-order valence-corrected chi connectivity index (χ4v) is 2.78. The second-order valence-corrected chi connectivity index (χ2v) is 5.67. The summed E-state index contributed by atoms with van der Waals surface area (Å²) < 4.78 is 0. The summed E-state index contributed by atoms with van der Waals surface area (Å²) >= 11 is 1.54. The number of nitrogens with one attached hydrogen (secondary N) is 1. The molecule has 1 heterocycles. The van der Waals surface area contributed by atoms with Gasteiger partial charge in [0.15, 0.2) is 0 Å². The lowest BCUT2D eigenvalue weighted by Gasteiger charge is -2.09. The van der Waals surface area contributed by atoms with Crippen LogP contribution in [0, 0.1) is 0 Å². The zero-order chi connectivity index (χ0) is 16.2. The Morgan fingerprint density at radius 1 is 1.04 bits per heavy atom. The van der Waals surface area contributed by atoms with Gasteiger partial charge in [0.25, 0.3) is 11.8 Å². The Balaban J connectivity index is 1.80. The first-order valence-corrected chi connectivity index (χ1v) is 7.73. The van der Waals surface area contributed by atoms with E-state index >= 15 is 0 Å². The van der Waals surface area contributed by atoms with Crippen molar-refractivity contribution in [2.45, 2.75) is 0 Å². The van der Waals surface area contributed by atoms with Crippen molar-refractivity contribution in [3.8, 4) is 10.6 Å². The minimum atomic E-state index is -0.583. The Morgan fingerprint density at radius 3 is 2.43 bits per heavy atom. The van der Waals surface area contributed by atoms with Crippen molar-refractivity contribution >= 4 is 28.8 Å². The average Bonchev–Trinajstić information content (AvgIpc) is 3.10. The molecule has 0 bridgehead atoms. The number of carbonyl (C=O) groups excluding carboxylic acids is 2. The molecule has 0 radical (unpaired) electrons. The number of hydrogen-bond donors (Lipinski definition) is 2. The number of anilines is 1. The molecule has 3 aromatic rings. The van der Waals surface area contributed by atoms with Gasteiger partial charge in [-0.15, -0.1) is 11.3 Å². The highest BCUT2D eigenvalue weighted by Crippen LogP contribution is 2.22. The van der Waals surface area contributed by atoms with Gasteiger partial charge in [-0.1, -0.05) is 24.3 Å². The number of carbonyl (C=O) groups is 2. The molecule has 114 valence electrons. The number of rotatable bonds is 4. The molecular formula is C17H13N3O2S. The van der Waals surface area contributed by atoms with Gasteiger partial charge in [0.05, 0.1) is 11.3 Å². The molecule has 1 aromatic heterocycles. The number of aromatic nitrogens is 1. The largest absolute Gasteiger partial charge is 0.366 e. The van der Waals surface area contributed by atoms with Gasteiger partial charge in [-0.05, 0) is 24.3 Å². The van der Waals surface area contributed by atoms with E-state index in [0.29, 0.717) is 11.3 Å². The van der Waals surface area contributed by atoms with E-state index in [-0.39, 0.29) is 11.5 Å². The van der Waals surface area contributed by atoms with Crippen LogP contribution in [0.3, 0.4) is 0 Å². The Morgan fingerprint density at radius 2 is 1.78 bits per heavy atom. The molecule has 0 aliphatic heterocycles. The van der Waals surface area contributed by atoms with Crippen LogP contribution < -0.4 is 11.1 Å². The number of primary amides is 1. The molecule has 0 unspecified atom stereocenters. The van der Waals surface area contributed by atoms with E-state index < -0.39 is 5.91 Å². The first-order valence-electron chi connectivity index (χ1n) is 6.85. The molecule has 6 heteroatoms. The minimum Gasteiger partial charge on any atom is -0.366 e. The Hall–Kier alpha value is -2.99. The van der Waals surface area contributed by atoms with Crippen molar-refractivity contribution < 1.29 is 9.59 Å². The number of benzene rings is 2. The van der Waals surface area contributed by atoms with Gasteiger partial charge in [0.1, 0.15) is 5.01 Å². The van der Waals surface area contributed by atoms with Crippen LogP contribution in [-0.4, -0.2) is 16.8 Å². The molecule has 2 aromatic carbocycles. The van der Waals surface area contributed by atoms with E-state index in [2.05, 4.69) is 10.3 Å². The maximum Gasteiger partial charge on any atom is 0.255 e. The Labute approximate surface area is 136 Å². The first kappa shape index (κ1) is 14.9. The quantitative estimate of drug-likeness (QED) is 0.773. The van der Waals surface area contributed by atoms with Crippen molar-refractivity contribution in [1.29, 1.82) is 0 Å². The molecule has 5 nitrogen and oxygen atoms in total. The van der Waals surface area contributed by atoms with E-state index in [1.807, 2.05) is 17.5 Å². The fourth-order valence-electron chi connectivity index (χ4n) is 2.13. The summed E-state index contributed by atoms with van der Waals surface area (Å²) in [5.74, 6) is -0.885. The summed E-state index contributed by atoms with van der Waals surface area (Å²) in [5.41, 5.74) is 7.43. The monoisotopic (exact) mass is 323 g/mol. The van der Waals surface area contributed by atoms with Crippen molar-refractivity contribution in [2.24, 2.45) is 5.73 Å². The van der Waals surface area contributed by atoms with Crippen molar-refractivity contribution in [1.82, 2.24) is 4.98 Å². The molecule has 0 aliphatic rings. The van der Waals surface area contributed by atoms with Crippen LogP contribution in [0.5, 0.6) is 0 Å². The van der Waals surface area contributed by atoms with E-state index in [1.54, 1.807) is 42.6 Å². The highest BCUT2D eigenvalue weighted by molar-refractivity contribution is 7.13.